The van der Waals surface area contributed by atoms with E-state index in [4.69, 9.17) is 11.6 Å². The van der Waals surface area contributed by atoms with Crippen LogP contribution in [0.4, 0.5) is 0 Å². The molecule has 1 N–H and O–H groups in total. The topological polar surface area (TPSA) is 76.9 Å². The normalized spacial score (nSPS) is 20.2. The quantitative estimate of drug-likeness (QED) is 0.680. The minimum Gasteiger partial charge on any atom is -0.247 e. The number of rotatable bonds is 5. The molecule has 2 atom stereocenters. The summed E-state index contributed by atoms with van der Waals surface area (Å²) in [5.74, 6) is 0. The van der Waals surface area contributed by atoms with Gasteiger partial charge in [0.25, 0.3) is 0 Å². The monoisotopic (exact) mass is 416 g/mol. The van der Waals surface area contributed by atoms with Gasteiger partial charge in [0.1, 0.15) is 5.69 Å². The first kappa shape index (κ1) is 19.1. The van der Waals surface area contributed by atoms with Crippen molar-refractivity contribution in [2.45, 2.75) is 42.7 Å². The lowest BCUT2D eigenvalue weighted by Gasteiger charge is -2.31. The Morgan fingerprint density at radius 1 is 1.00 bits per heavy atom. The van der Waals surface area contributed by atoms with Crippen LogP contribution in [0.3, 0.4) is 0 Å². The Morgan fingerprint density at radius 2 is 1.71 bits per heavy atom. The third-order valence-corrected chi connectivity index (χ3v) is 6.84. The number of nitrogens with zero attached hydrogens (tertiary/aromatic N) is 3. The molecule has 1 saturated carbocycles. The Kier molecular flexibility index (Phi) is 5.48. The SMILES string of the molecule is O=S(=O)(NC1CCCCC1n1cc(-c2ccccc2)nn1)c1ccc(Cl)cc1. The van der Waals surface area contributed by atoms with Gasteiger partial charge in [0, 0.05) is 16.6 Å². The zero-order valence-electron chi connectivity index (χ0n) is 15.2. The second kappa shape index (κ2) is 8.03. The summed E-state index contributed by atoms with van der Waals surface area (Å²) >= 11 is 5.88. The van der Waals surface area contributed by atoms with Crippen LogP contribution in [0.25, 0.3) is 11.3 Å². The highest BCUT2D eigenvalue weighted by molar-refractivity contribution is 7.89. The van der Waals surface area contributed by atoms with Gasteiger partial charge in [-0.05, 0) is 37.1 Å². The molecule has 1 heterocycles. The first-order valence-corrected chi connectivity index (χ1v) is 11.1. The summed E-state index contributed by atoms with van der Waals surface area (Å²) in [5.41, 5.74) is 1.77. The van der Waals surface area contributed by atoms with E-state index in [9.17, 15) is 8.42 Å². The number of hydrogen-bond donors (Lipinski definition) is 1. The summed E-state index contributed by atoms with van der Waals surface area (Å²) in [6, 6.07) is 15.7. The van der Waals surface area contributed by atoms with Gasteiger partial charge in [0.15, 0.2) is 0 Å². The Labute approximate surface area is 169 Å². The van der Waals surface area contributed by atoms with Crippen LogP contribution >= 0.6 is 11.6 Å². The van der Waals surface area contributed by atoms with E-state index in [1.165, 1.54) is 12.1 Å². The fourth-order valence-electron chi connectivity index (χ4n) is 3.63. The lowest BCUT2D eigenvalue weighted by Crippen LogP contribution is -2.43. The van der Waals surface area contributed by atoms with Crippen molar-refractivity contribution in [2.75, 3.05) is 0 Å². The van der Waals surface area contributed by atoms with Crippen LogP contribution in [0.2, 0.25) is 5.02 Å². The third-order valence-electron chi connectivity index (χ3n) is 5.08. The largest absolute Gasteiger partial charge is 0.247 e. The molecule has 2 unspecified atom stereocenters. The standard InChI is InChI=1S/C20H21ClN4O2S/c21-16-10-12-17(13-11-16)28(26,27)23-18-8-4-5-9-20(18)25-14-19(22-24-25)15-6-2-1-3-7-15/h1-3,6-7,10-14,18,20,23H,4-5,8-9H2. The molecule has 3 aromatic rings. The summed E-state index contributed by atoms with van der Waals surface area (Å²) in [6.07, 6.45) is 5.52. The van der Waals surface area contributed by atoms with Gasteiger partial charge in [-0.25, -0.2) is 17.8 Å². The first-order chi connectivity index (χ1) is 13.5. The Balaban J connectivity index is 1.57. The van der Waals surface area contributed by atoms with Crippen LogP contribution in [0.5, 0.6) is 0 Å². The van der Waals surface area contributed by atoms with Gasteiger partial charge >= 0.3 is 0 Å². The molecule has 8 heteroatoms. The van der Waals surface area contributed by atoms with Crippen molar-refractivity contribution in [1.29, 1.82) is 0 Å². The van der Waals surface area contributed by atoms with E-state index in [-0.39, 0.29) is 17.0 Å². The molecule has 28 heavy (non-hydrogen) atoms. The van der Waals surface area contributed by atoms with Crippen molar-refractivity contribution in [3.8, 4) is 11.3 Å². The van der Waals surface area contributed by atoms with Crippen LogP contribution in [0.1, 0.15) is 31.7 Å². The van der Waals surface area contributed by atoms with Crippen molar-refractivity contribution in [2.24, 2.45) is 0 Å². The predicted molar refractivity (Wildman–Crippen MR) is 109 cm³/mol. The predicted octanol–water partition coefficient (Wildman–Crippen LogP) is 4.06. The van der Waals surface area contributed by atoms with E-state index in [1.54, 1.807) is 16.8 Å². The Hall–Kier alpha value is -2.22. The molecule has 1 aromatic heterocycles. The van der Waals surface area contributed by atoms with Gasteiger partial charge in [-0.2, -0.15) is 0 Å². The van der Waals surface area contributed by atoms with Crippen LogP contribution in [0, 0.1) is 0 Å². The van der Waals surface area contributed by atoms with Crippen molar-refractivity contribution >= 4 is 21.6 Å². The Morgan fingerprint density at radius 3 is 2.46 bits per heavy atom. The van der Waals surface area contributed by atoms with E-state index in [1.807, 2.05) is 36.5 Å². The molecule has 0 amide bonds. The van der Waals surface area contributed by atoms with Gasteiger partial charge < -0.3 is 0 Å². The molecule has 0 radical (unpaired) electrons. The van der Waals surface area contributed by atoms with Gasteiger partial charge in [-0.1, -0.05) is 60.0 Å². The molecule has 1 aliphatic carbocycles. The number of hydrogen-bond acceptors (Lipinski definition) is 4. The average molecular weight is 417 g/mol. The van der Waals surface area contributed by atoms with E-state index in [0.29, 0.717) is 5.02 Å². The molecule has 4 rings (SSSR count). The average Bonchev–Trinajstić information content (AvgIpc) is 3.19. The maximum Gasteiger partial charge on any atom is 0.240 e. The maximum absolute atomic E-state index is 12.8. The van der Waals surface area contributed by atoms with Gasteiger partial charge in [-0.15, -0.1) is 5.10 Å². The smallest absolute Gasteiger partial charge is 0.240 e. The number of aromatic nitrogens is 3. The highest BCUT2D eigenvalue weighted by Crippen LogP contribution is 2.30. The summed E-state index contributed by atoms with van der Waals surface area (Å²) < 4.78 is 30.3. The Bertz CT molecular complexity index is 1040. The molecule has 0 spiro atoms. The van der Waals surface area contributed by atoms with Crippen LogP contribution in [-0.2, 0) is 10.0 Å². The van der Waals surface area contributed by atoms with Crippen LogP contribution < -0.4 is 4.72 Å². The highest BCUT2D eigenvalue weighted by Gasteiger charge is 2.31. The fourth-order valence-corrected chi connectivity index (χ4v) is 5.06. The third kappa shape index (κ3) is 4.11. The zero-order chi connectivity index (χ0) is 19.6. The highest BCUT2D eigenvalue weighted by atomic mass is 35.5. The molecule has 0 saturated heterocycles. The number of sulfonamides is 1. The number of nitrogens with one attached hydrogen (secondary N) is 1. The van der Waals surface area contributed by atoms with Crippen LogP contribution in [0.15, 0.2) is 65.7 Å². The number of halogens is 1. The fraction of sp³-hybridized carbons (Fsp3) is 0.300. The van der Waals surface area contributed by atoms with E-state index in [0.717, 1.165) is 36.9 Å². The summed E-state index contributed by atoms with van der Waals surface area (Å²) in [4.78, 5) is 0.213. The second-order valence-electron chi connectivity index (χ2n) is 6.98. The van der Waals surface area contributed by atoms with Gasteiger partial charge in [0.05, 0.1) is 17.1 Å². The minimum absolute atomic E-state index is 0.0687. The van der Waals surface area contributed by atoms with E-state index in [2.05, 4.69) is 15.0 Å². The molecular formula is C20H21ClN4O2S. The summed E-state index contributed by atoms with van der Waals surface area (Å²) in [7, 11) is -3.63. The van der Waals surface area contributed by atoms with E-state index >= 15 is 0 Å². The number of benzene rings is 2. The summed E-state index contributed by atoms with van der Waals surface area (Å²) in [6.45, 7) is 0. The molecule has 2 aromatic carbocycles. The lowest BCUT2D eigenvalue weighted by atomic mass is 9.91. The molecule has 146 valence electrons. The maximum atomic E-state index is 12.8. The molecule has 0 aliphatic heterocycles. The molecule has 1 aliphatic rings. The van der Waals surface area contributed by atoms with E-state index < -0.39 is 10.0 Å². The summed E-state index contributed by atoms with van der Waals surface area (Å²) in [5, 5.41) is 9.08. The zero-order valence-corrected chi connectivity index (χ0v) is 16.8. The van der Waals surface area contributed by atoms with Crippen molar-refractivity contribution < 1.29 is 8.42 Å². The van der Waals surface area contributed by atoms with Crippen molar-refractivity contribution in [1.82, 2.24) is 19.7 Å². The van der Waals surface area contributed by atoms with Gasteiger partial charge in [-0.3, -0.25) is 0 Å². The van der Waals surface area contributed by atoms with Crippen LogP contribution in [-0.4, -0.2) is 29.5 Å². The second-order valence-corrected chi connectivity index (χ2v) is 9.13. The molecular weight excluding hydrogens is 396 g/mol. The van der Waals surface area contributed by atoms with Crippen molar-refractivity contribution in [3.05, 3.63) is 65.8 Å². The molecule has 1 fully saturated rings. The van der Waals surface area contributed by atoms with Crippen molar-refractivity contribution in [3.63, 3.8) is 0 Å². The first-order valence-electron chi connectivity index (χ1n) is 9.28. The molecule has 6 nitrogen and oxygen atoms in total. The lowest BCUT2D eigenvalue weighted by molar-refractivity contribution is 0.267. The minimum atomic E-state index is -3.63. The van der Waals surface area contributed by atoms with Gasteiger partial charge in [0.2, 0.25) is 10.0 Å². The molecule has 0 bridgehead atoms.